The van der Waals surface area contributed by atoms with Crippen LogP contribution in [0.5, 0.6) is 0 Å². The number of hydrogen-bond acceptors (Lipinski definition) is 2. The van der Waals surface area contributed by atoms with Crippen molar-refractivity contribution in [2.24, 2.45) is 0 Å². The van der Waals surface area contributed by atoms with Gasteiger partial charge in [0.2, 0.25) is 0 Å². The molecule has 0 radical (unpaired) electrons. The van der Waals surface area contributed by atoms with E-state index in [1.807, 2.05) is 0 Å². The summed E-state index contributed by atoms with van der Waals surface area (Å²) in [6.45, 7) is 0. The molecular weight excluding hydrogens is 149 g/mol. The molecule has 1 aromatic heterocycles. The first-order chi connectivity index (χ1) is 3.80. The van der Waals surface area contributed by atoms with Crippen LogP contribution in [0.4, 0.5) is 0 Å². The molecule has 0 aliphatic heterocycles. The van der Waals surface area contributed by atoms with Gasteiger partial charge in [0.1, 0.15) is 0 Å². The summed E-state index contributed by atoms with van der Waals surface area (Å²) in [6, 6.07) is 3.34. The van der Waals surface area contributed by atoms with Gasteiger partial charge < -0.3 is 0 Å². The van der Waals surface area contributed by atoms with E-state index in [-0.39, 0.29) is 0 Å². The molecule has 4 heteroatoms. The van der Waals surface area contributed by atoms with Crippen LogP contribution in [0.2, 0.25) is 0 Å². The first-order valence-electron chi connectivity index (χ1n) is 1.99. The fourth-order valence-electron chi connectivity index (χ4n) is 0.406. The van der Waals surface area contributed by atoms with E-state index >= 15 is 0 Å². The Balaban J connectivity index is 3.11. The third-order valence-corrected chi connectivity index (χ3v) is 1.58. The van der Waals surface area contributed by atoms with Gasteiger partial charge >= 0.3 is 49.8 Å². The summed E-state index contributed by atoms with van der Waals surface area (Å²) >= 11 is -2.77. The second kappa shape index (κ2) is 2.11. The van der Waals surface area contributed by atoms with E-state index in [9.17, 15) is 7.67 Å². The van der Waals surface area contributed by atoms with Gasteiger partial charge in [-0.15, -0.1) is 0 Å². The van der Waals surface area contributed by atoms with Crippen LogP contribution in [0.15, 0.2) is 24.5 Å². The van der Waals surface area contributed by atoms with Crippen molar-refractivity contribution in [2.75, 3.05) is 0 Å². The van der Waals surface area contributed by atoms with E-state index in [1.165, 1.54) is 12.4 Å². The predicted molar refractivity (Wildman–Crippen MR) is 21.2 cm³/mol. The third kappa shape index (κ3) is 0.966. The standard InChI is InChI=1S/C4H4N.Mn.2O/c1-2-4-5-3-1;;;/h1-4H;;;/q-1;+1;;. The zero-order valence-electron chi connectivity index (χ0n) is 3.95. The SMILES string of the molecule is [O]=[Mn](=[O])[n]1cccc1. The molecule has 0 aliphatic carbocycles. The van der Waals surface area contributed by atoms with E-state index in [2.05, 4.69) is 0 Å². The molecule has 0 aromatic carbocycles. The van der Waals surface area contributed by atoms with Crippen molar-refractivity contribution in [1.29, 1.82) is 0 Å². The van der Waals surface area contributed by atoms with Gasteiger partial charge in [-0.3, -0.25) is 0 Å². The number of hydrogen-bond donors (Lipinski definition) is 0. The number of nitrogens with zero attached hydrogens (tertiary/aromatic N) is 1. The molecule has 1 rings (SSSR count). The van der Waals surface area contributed by atoms with Crippen molar-refractivity contribution in [2.45, 2.75) is 0 Å². The molecule has 0 saturated heterocycles. The van der Waals surface area contributed by atoms with Crippen LogP contribution in [0.1, 0.15) is 0 Å². The zero-order valence-corrected chi connectivity index (χ0v) is 5.13. The Morgan fingerprint density at radius 3 is 1.88 bits per heavy atom. The van der Waals surface area contributed by atoms with Crippen molar-refractivity contribution in [3.05, 3.63) is 24.5 Å². The minimum absolute atomic E-state index is 1.16. The van der Waals surface area contributed by atoms with E-state index in [0.29, 0.717) is 0 Å². The summed E-state index contributed by atoms with van der Waals surface area (Å²) in [5.41, 5.74) is 0. The third-order valence-electron chi connectivity index (χ3n) is 0.727. The normalized spacial score (nSPS) is 10.1. The Labute approximate surface area is 50.4 Å². The maximum atomic E-state index is 10.1. The van der Waals surface area contributed by atoms with Crippen molar-refractivity contribution < 1.29 is 21.7 Å². The van der Waals surface area contributed by atoms with Gasteiger partial charge in [0.05, 0.1) is 0 Å². The number of rotatable bonds is 1. The Morgan fingerprint density at radius 1 is 1.12 bits per heavy atom. The van der Waals surface area contributed by atoms with Crippen LogP contribution in [0.25, 0.3) is 0 Å². The summed E-state index contributed by atoms with van der Waals surface area (Å²) in [4.78, 5) is 0. The number of aromatic nitrogens is 1. The Kier molecular flexibility index (Phi) is 1.46. The van der Waals surface area contributed by atoms with Crippen LogP contribution in [0, 0.1) is 0 Å². The summed E-state index contributed by atoms with van der Waals surface area (Å²) in [5.74, 6) is 0. The van der Waals surface area contributed by atoms with Crippen LogP contribution in [-0.2, 0) is 21.7 Å². The molecule has 1 heterocycles. The van der Waals surface area contributed by atoms with E-state index in [4.69, 9.17) is 0 Å². The zero-order chi connectivity index (χ0) is 5.98. The Bertz CT molecular complexity index is 216. The summed E-state index contributed by atoms with van der Waals surface area (Å²) < 4.78 is 21.4. The maximum absolute atomic E-state index is 10.1. The van der Waals surface area contributed by atoms with Crippen LogP contribution < -0.4 is 0 Å². The molecule has 0 atom stereocenters. The fourth-order valence-corrected chi connectivity index (χ4v) is 0.896. The fraction of sp³-hybridized carbons (Fsp3) is 0. The first-order valence-corrected chi connectivity index (χ1v) is 3.49. The first kappa shape index (κ1) is 5.53. The van der Waals surface area contributed by atoms with Gasteiger partial charge in [0.25, 0.3) is 0 Å². The second-order valence-corrected chi connectivity index (χ2v) is 2.47. The average Bonchev–Trinajstić information content (AvgIpc) is 2.12. The molecule has 0 spiro atoms. The summed E-state index contributed by atoms with van der Waals surface area (Å²) in [5, 5.41) is 0. The van der Waals surface area contributed by atoms with Crippen molar-refractivity contribution >= 4 is 0 Å². The second-order valence-electron chi connectivity index (χ2n) is 1.23. The van der Waals surface area contributed by atoms with Crippen LogP contribution in [-0.4, -0.2) is 3.58 Å². The van der Waals surface area contributed by atoms with Crippen LogP contribution in [0.3, 0.4) is 0 Å². The van der Waals surface area contributed by atoms with Gasteiger partial charge in [0.15, 0.2) is 0 Å². The molecule has 0 unspecified atom stereocenters. The topological polar surface area (TPSA) is 39.1 Å². The molecule has 0 saturated carbocycles. The molecule has 0 bridgehead atoms. The minimum atomic E-state index is -2.77. The molecule has 3 nitrogen and oxygen atoms in total. The van der Waals surface area contributed by atoms with Crippen LogP contribution >= 0.6 is 0 Å². The molecule has 0 N–H and O–H groups in total. The quantitative estimate of drug-likeness (QED) is 0.553. The molecule has 0 fully saturated rings. The average molecular weight is 153 g/mol. The van der Waals surface area contributed by atoms with Crippen molar-refractivity contribution in [3.63, 3.8) is 0 Å². The summed E-state index contributed by atoms with van der Waals surface area (Å²) in [6.07, 6.45) is 2.99. The predicted octanol–water partition coefficient (Wildman–Crippen LogP) is 0.560. The molecule has 8 heavy (non-hydrogen) atoms. The van der Waals surface area contributed by atoms with Gasteiger partial charge in [-0.1, -0.05) is 0 Å². The van der Waals surface area contributed by atoms with Gasteiger partial charge in [-0.05, 0) is 0 Å². The van der Waals surface area contributed by atoms with Gasteiger partial charge in [-0.2, -0.15) is 0 Å². The molecular formula is C4H4MnNO2. The molecule has 44 valence electrons. The monoisotopic (exact) mass is 153 g/mol. The summed E-state index contributed by atoms with van der Waals surface area (Å²) in [7, 11) is 0. The molecule has 0 amide bonds. The molecule has 1 aromatic rings. The van der Waals surface area contributed by atoms with E-state index < -0.39 is 14.0 Å². The van der Waals surface area contributed by atoms with E-state index in [1.54, 1.807) is 12.1 Å². The van der Waals surface area contributed by atoms with Gasteiger partial charge in [-0.25, -0.2) is 0 Å². The molecule has 0 aliphatic rings. The van der Waals surface area contributed by atoms with E-state index in [0.717, 1.165) is 3.58 Å². The van der Waals surface area contributed by atoms with Gasteiger partial charge in [0, 0.05) is 0 Å². The Morgan fingerprint density at radius 2 is 1.62 bits per heavy atom. The van der Waals surface area contributed by atoms with Crippen molar-refractivity contribution in [1.82, 2.24) is 3.58 Å². The van der Waals surface area contributed by atoms with Crippen molar-refractivity contribution in [3.8, 4) is 0 Å². The Hall–Kier alpha value is -0.601.